The molecule has 2 aromatic rings. The Balaban J connectivity index is 2.44. The van der Waals surface area contributed by atoms with Crippen molar-refractivity contribution < 1.29 is 41.0 Å². The Morgan fingerprint density at radius 3 is 2.03 bits per heavy atom. The summed E-state index contributed by atoms with van der Waals surface area (Å²) >= 11 is 0. The molecule has 1 aromatic heterocycles. The number of carboxylic acids is 1. The minimum atomic E-state index is -4.78. The number of carbonyl (C=O) groups excluding carboxylic acids is 1. The summed E-state index contributed by atoms with van der Waals surface area (Å²) in [4.78, 5) is 30.8. The highest BCUT2D eigenvalue weighted by molar-refractivity contribution is 7.92. The second-order valence-corrected chi connectivity index (χ2v) is 9.60. The maximum atomic E-state index is 12.8. The van der Waals surface area contributed by atoms with Gasteiger partial charge >= 0.3 is 12.0 Å². The first-order valence-electron chi connectivity index (χ1n) is 8.42. The molecule has 14 nitrogen and oxygen atoms in total. The third kappa shape index (κ3) is 6.17. The van der Waals surface area contributed by atoms with Crippen LogP contribution < -0.4 is 24.2 Å². The summed E-state index contributed by atoms with van der Waals surface area (Å²) in [5.74, 6) is -2.08. The number of rotatable bonds is 8. The lowest BCUT2D eigenvalue weighted by Gasteiger charge is -2.15. The van der Waals surface area contributed by atoms with Crippen LogP contribution in [0.4, 0.5) is 16.4 Å². The van der Waals surface area contributed by atoms with Crippen molar-refractivity contribution in [3.63, 3.8) is 0 Å². The van der Waals surface area contributed by atoms with Gasteiger partial charge in [0.05, 0.1) is 32.2 Å². The van der Waals surface area contributed by atoms with Gasteiger partial charge in [0.2, 0.25) is 27.7 Å². The molecule has 0 spiro atoms. The maximum absolute atomic E-state index is 12.8. The zero-order valence-corrected chi connectivity index (χ0v) is 18.8. The van der Waals surface area contributed by atoms with E-state index in [0.29, 0.717) is 0 Å². The van der Waals surface area contributed by atoms with Gasteiger partial charge in [-0.25, -0.2) is 31.1 Å². The van der Waals surface area contributed by atoms with Gasteiger partial charge in [-0.3, -0.25) is 10.0 Å². The number of urea groups is 1. The molecule has 0 aliphatic carbocycles. The Kier molecular flexibility index (Phi) is 7.10. The fourth-order valence-corrected chi connectivity index (χ4v) is 4.21. The average molecular weight is 489 g/mol. The Bertz CT molecular complexity index is 1250. The van der Waals surface area contributed by atoms with Crippen LogP contribution in [-0.2, 0) is 20.0 Å². The molecule has 0 aliphatic rings. The first kappa shape index (κ1) is 24.6. The highest BCUT2D eigenvalue weighted by Gasteiger charge is 2.29. The summed E-state index contributed by atoms with van der Waals surface area (Å²) in [6, 6.07) is 2.09. The number of nitrogens with zero attached hydrogens (tertiary/aromatic N) is 2. The lowest BCUT2D eigenvalue weighted by molar-refractivity contribution is 0.0693. The lowest BCUT2D eigenvalue weighted by Crippen LogP contribution is -2.36. The minimum Gasteiger partial charge on any atom is -0.481 e. The van der Waals surface area contributed by atoms with Gasteiger partial charge in [-0.2, -0.15) is 9.97 Å². The second-order valence-electron chi connectivity index (χ2n) is 6.20. The average Bonchev–Trinajstić information content (AvgIpc) is 2.64. The van der Waals surface area contributed by atoms with Gasteiger partial charge in [0.15, 0.2) is 0 Å². The summed E-state index contributed by atoms with van der Waals surface area (Å²) < 4.78 is 62.1. The normalized spacial score (nSPS) is 11.4. The monoisotopic (exact) mass is 489 g/mol. The molecule has 2 rings (SSSR count). The molecular weight excluding hydrogens is 470 g/mol. The van der Waals surface area contributed by atoms with Crippen molar-refractivity contribution in [1.82, 2.24) is 14.7 Å². The molecule has 174 valence electrons. The largest absolute Gasteiger partial charge is 0.481 e. The second kappa shape index (κ2) is 9.23. The van der Waals surface area contributed by atoms with Crippen molar-refractivity contribution in [3.05, 3.63) is 29.3 Å². The van der Waals surface area contributed by atoms with Crippen LogP contribution in [0.25, 0.3) is 0 Å². The van der Waals surface area contributed by atoms with Crippen LogP contribution in [0.15, 0.2) is 23.1 Å². The van der Waals surface area contributed by atoms with E-state index in [4.69, 9.17) is 9.47 Å². The Morgan fingerprint density at radius 1 is 1.00 bits per heavy atom. The molecule has 16 heteroatoms. The molecule has 0 bridgehead atoms. The number of anilines is 2. The molecule has 0 saturated heterocycles. The number of hydrogen-bond acceptors (Lipinski definition) is 10. The van der Waals surface area contributed by atoms with Crippen molar-refractivity contribution in [1.29, 1.82) is 0 Å². The van der Waals surface area contributed by atoms with Crippen LogP contribution >= 0.6 is 0 Å². The summed E-state index contributed by atoms with van der Waals surface area (Å²) in [6.07, 6.45) is 0.767. The quantitative estimate of drug-likeness (QED) is 0.399. The smallest absolute Gasteiger partial charge is 0.339 e. The van der Waals surface area contributed by atoms with Gasteiger partial charge in [0.1, 0.15) is 10.5 Å². The van der Waals surface area contributed by atoms with Gasteiger partial charge in [-0.05, 0) is 24.6 Å². The van der Waals surface area contributed by atoms with E-state index in [1.54, 1.807) is 4.72 Å². The van der Waals surface area contributed by atoms with Gasteiger partial charge in [-0.15, -0.1) is 0 Å². The standard InChI is InChI=1S/C16H19N5O9S2/c1-8-5-9(20-31(4,25)26)13(14(22)23)10(6-8)32(27,28)21-16(24)19-15-17-11(29-2)7-12(18-15)30-3/h5-7,20H,1-4H3,(H,22,23)(H2,17,18,19,21,24). The molecule has 0 radical (unpaired) electrons. The molecule has 32 heavy (non-hydrogen) atoms. The summed E-state index contributed by atoms with van der Waals surface area (Å²) in [5, 5.41) is 11.6. The van der Waals surface area contributed by atoms with E-state index < -0.39 is 48.2 Å². The number of aromatic nitrogens is 2. The highest BCUT2D eigenvalue weighted by Crippen LogP contribution is 2.27. The van der Waals surface area contributed by atoms with Gasteiger partial charge in [0.25, 0.3) is 10.0 Å². The van der Waals surface area contributed by atoms with E-state index in [1.807, 2.05) is 4.72 Å². The SMILES string of the molecule is COc1cc(OC)nc(NC(=O)NS(=O)(=O)c2cc(C)cc(NS(C)(=O)=O)c2C(=O)O)n1. The number of carbonyl (C=O) groups is 2. The summed E-state index contributed by atoms with van der Waals surface area (Å²) in [6.45, 7) is 1.41. The number of carboxylic acid groups (broad SMARTS) is 1. The first-order valence-corrected chi connectivity index (χ1v) is 11.8. The van der Waals surface area contributed by atoms with Crippen molar-refractivity contribution in [2.75, 3.05) is 30.5 Å². The van der Waals surface area contributed by atoms with Gasteiger partial charge in [-0.1, -0.05) is 0 Å². The molecule has 0 unspecified atom stereocenters. The zero-order valence-electron chi connectivity index (χ0n) is 17.2. The van der Waals surface area contributed by atoms with Gasteiger partial charge in [0, 0.05) is 0 Å². The van der Waals surface area contributed by atoms with E-state index in [9.17, 15) is 31.5 Å². The lowest BCUT2D eigenvalue weighted by atomic mass is 10.1. The highest BCUT2D eigenvalue weighted by atomic mass is 32.2. The van der Waals surface area contributed by atoms with Crippen LogP contribution in [0.3, 0.4) is 0 Å². The van der Waals surface area contributed by atoms with Crippen LogP contribution in [0, 0.1) is 6.92 Å². The van der Waals surface area contributed by atoms with Crippen LogP contribution in [0.1, 0.15) is 15.9 Å². The number of amides is 2. The Hall–Kier alpha value is -3.66. The minimum absolute atomic E-state index is 0.0124. The molecule has 0 fully saturated rings. The Labute approximate surface area is 183 Å². The zero-order chi connectivity index (χ0) is 24.3. The number of aromatic carboxylic acids is 1. The first-order chi connectivity index (χ1) is 14.8. The maximum Gasteiger partial charge on any atom is 0.339 e. The molecule has 0 saturated carbocycles. The van der Waals surface area contributed by atoms with Crippen LogP contribution in [-0.4, -0.2) is 64.4 Å². The molecule has 1 heterocycles. The molecule has 0 aliphatic heterocycles. The van der Waals surface area contributed by atoms with Crippen molar-refractivity contribution in [2.45, 2.75) is 11.8 Å². The fourth-order valence-electron chi connectivity index (χ4n) is 2.44. The molecule has 0 atom stereocenters. The number of ether oxygens (including phenoxy) is 2. The topological polar surface area (TPSA) is 203 Å². The summed E-state index contributed by atoms with van der Waals surface area (Å²) in [7, 11) is -6.13. The van der Waals surface area contributed by atoms with Crippen molar-refractivity contribution in [3.8, 4) is 11.8 Å². The predicted molar refractivity (Wildman–Crippen MR) is 111 cm³/mol. The third-order valence-electron chi connectivity index (χ3n) is 3.60. The summed E-state index contributed by atoms with van der Waals surface area (Å²) in [5.41, 5.74) is -1.15. The molecule has 2 amide bonds. The third-order valence-corrected chi connectivity index (χ3v) is 5.54. The number of aryl methyl sites for hydroxylation is 1. The van der Waals surface area contributed by atoms with Crippen molar-refractivity contribution >= 4 is 43.7 Å². The Morgan fingerprint density at radius 2 is 1.56 bits per heavy atom. The van der Waals surface area contributed by atoms with E-state index in [1.165, 1.54) is 27.2 Å². The van der Waals surface area contributed by atoms with E-state index >= 15 is 0 Å². The van der Waals surface area contributed by atoms with E-state index in [-0.39, 0.29) is 23.3 Å². The van der Waals surface area contributed by atoms with Crippen molar-refractivity contribution in [2.24, 2.45) is 0 Å². The number of methoxy groups -OCH3 is 2. The predicted octanol–water partition coefficient (Wildman–Crippen LogP) is 0.382. The molecule has 4 N–H and O–H groups in total. The van der Waals surface area contributed by atoms with E-state index in [0.717, 1.165) is 18.4 Å². The van der Waals surface area contributed by atoms with E-state index in [2.05, 4.69) is 15.3 Å². The van der Waals surface area contributed by atoms with Crippen LogP contribution in [0.5, 0.6) is 11.8 Å². The number of nitrogens with one attached hydrogen (secondary N) is 3. The number of sulfonamides is 2. The van der Waals surface area contributed by atoms with Crippen LogP contribution in [0.2, 0.25) is 0 Å². The molecule has 1 aromatic carbocycles. The fraction of sp³-hybridized carbons (Fsp3) is 0.250. The number of benzene rings is 1. The molecular formula is C16H19N5O9S2. The van der Waals surface area contributed by atoms with Gasteiger partial charge < -0.3 is 14.6 Å². The number of hydrogen-bond donors (Lipinski definition) is 4.